The minimum atomic E-state index is -2.53. The van der Waals surface area contributed by atoms with Crippen molar-refractivity contribution in [2.24, 2.45) is 0 Å². The van der Waals surface area contributed by atoms with Gasteiger partial charge in [0.05, 0.1) is 37.0 Å². The van der Waals surface area contributed by atoms with Crippen molar-refractivity contribution >= 4 is 16.9 Å². The average Bonchev–Trinajstić information content (AvgIpc) is 3.33. The van der Waals surface area contributed by atoms with Crippen molar-refractivity contribution in [3.63, 3.8) is 0 Å². The number of hydrogen-bond donors (Lipinski definition) is 1. The molecule has 5 heterocycles. The van der Waals surface area contributed by atoms with E-state index in [1.165, 1.54) is 0 Å². The molecule has 3 aromatic rings. The topological polar surface area (TPSA) is 75.1 Å². The quantitative estimate of drug-likeness (QED) is 0.690. The Bertz CT molecular complexity index is 1100. The van der Waals surface area contributed by atoms with Crippen LogP contribution in [0.3, 0.4) is 0 Å². The summed E-state index contributed by atoms with van der Waals surface area (Å²) in [6.45, 7) is 6.18. The van der Waals surface area contributed by atoms with Crippen LogP contribution in [0.5, 0.6) is 0 Å². The molecule has 0 unspecified atom stereocenters. The van der Waals surface area contributed by atoms with Crippen LogP contribution in [0.25, 0.3) is 22.4 Å². The Morgan fingerprint density at radius 1 is 1.23 bits per heavy atom. The normalized spacial score (nSPS) is 24.4. The van der Waals surface area contributed by atoms with Crippen LogP contribution in [-0.4, -0.2) is 74.2 Å². The van der Waals surface area contributed by atoms with Gasteiger partial charge in [-0.2, -0.15) is 10.2 Å². The summed E-state index contributed by atoms with van der Waals surface area (Å²) >= 11 is 0. The van der Waals surface area contributed by atoms with Crippen molar-refractivity contribution in [2.45, 2.75) is 50.9 Å². The Labute approximate surface area is 178 Å². The number of hydrogen-bond acceptors (Lipinski definition) is 6. The predicted molar refractivity (Wildman–Crippen MR) is 111 cm³/mol. The van der Waals surface area contributed by atoms with E-state index >= 15 is 0 Å². The highest BCUT2D eigenvalue weighted by molar-refractivity contribution is 5.92. The number of halogens is 2. The van der Waals surface area contributed by atoms with Crippen LogP contribution in [0.15, 0.2) is 18.3 Å². The Kier molecular flexibility index (Phi) is 4.29. The van der Waals surface area contributed by atoms with Gasteiger partial charge in [-0.05, 0) is 24.6 Å². The SMILES string of the molecule is C[C@@H]1COCCN1c1cc2c3c(n1)c(-c1ccn[nH]1)nn3CCN(C1CC(F)(F)C1)C2. The molecule has 164 valence electrons. The number of nitrogens with zero attached hydrogens (tertiary/aromatic N) is 6. The fraction of sp³-hybridized carbons (Fsp3) is 0.571. The standard InChI is InChI=1S/C21H25F2N7O/c1-13-12-31-7-6-29(13)17-8-14-11-28(15-9-21(22,23)10-15)4-5-30-20(14)19(25-17)18(27-30)16-2-3-24-26-16/h2-3,8,13,15H,4-7,9-12H2,1H3,(H,24,26)/t13-/m1/s1. The van der Waals surface area contributed by atoms with Crippen LogP contribution in [0.2, 0.25) is 0 Å². The van der Waals surface area contributed by atoms with E-state index in [2.05, 4.69) is 33.0 Å². The molecular formula is C21H25F2N7O. The van der Waals surface area contributed by atoms with E-state index in [1.807, 2.05) is 10.7 Å². The van der Waals surface area contributed by atoms with Crippen molar-refractivity contribution in [2.75, 3.05) is 31.2 Å². The number of alkyl halides is 2. The molecule has 10 heteroatoms. The van der Waals surface area contributed by atoms with Gasteiger partial charge < -0.3 is 9.64 Å². The van der Waals surface area contributed by atoms with Crippen molar-refractivity contribution in [1.29, 1.82) is 0 Å². The van der Waals surface area contributed by atoms with Gasteiger partial charge in [0, 0.05) is 44.7 Å². The van der Waals surface area contributed by atoms with Gasteiger partial charge in [0.2, 0.25) is 0 Å². The van der Waals surface area contributed by atoms with Gasteiger partial charge in [0.15, 0.2) is 0 Å². The average molecular weight is 429 g/mol. The first-order valence-electron chi connectivity index (χ1n) is 10.8. The zero-order valence-corrected chi connectivity index (χ0v) is 17.4. The molecule has 0 radical (unpaired) electrons. The minimum absolute atomic E-state index is 0.0592. The zero-order chi connectivity index (χ0) is 21.2. The van der Waals surface area contributed by atoms with Crippen LogP contribution in [-0.2, 0) is 17.8 Å². The molecule has 3 aliphatic rings. The predicted octanol–water partition coefficient (Wildman–Crippen LogP) is 2.66. The molecule has 1 saturated carbocycles. The molecule has 2 aliphatic heterocycles. The molecule has 2 fully saturated rings. The molecule has 6 rings (SSSR count). The molecule has 1 saturated heterocycles. The highest BCUT2D eigenvalue weighted by Crippen LogP contribution is 2.42. The Morgan fingerprint density at radius 2 is 2.10 bits per heavy atom. The number of nitrogens with one attached hydrogen (secondary N) is 1. The molecule has 1 aliphatic carbocycles. The first-order valence-corrected chi connectivity index (χ1v) is 10.8. The summed E-state index contributed by atoms with van der Waals surface area (Å²) in [4.78, 5) is 9.49. The van der Waals surface area contributed by atoms with Crippen LogP contribution < -0.4 is 4.90 Å². The lowest BCUT2D eigenvalue weighted by Crippen LogP contribution is -2.50. The molecule has 1 N–H and O–H groups in total. The smallest absolute Gasteiger partial charge is 0.251 e. The fourth-order valence-corrected chi connectivity index (χ4v) is 5.03. The molecule has 0 aromatic carbocycles. The van der Waals surface area contributed by atoms with Gasteiger partial charge in [-0.15, -0.1) is 0 Å². The monoisotopic (exact) mass is 429 g/mol. The number of ether oxygens (including phenoxy) is 1. The van der Waals surface area contributed by atoms with Gasteiger partial charge in [-0.25, -0.2) is 13.8 Å². The molecule has 31 heavy (non-hydrogen) atoms. The van der Waals surface area contributed by atoms with Gasteiger partial charge in [-0.3, -0.25) is 14.7 Å². The lowest BCUT2D eigenvalue weighted by Gasteiger charge is -2.42. The third-order valence-corrected chi connectivity index (χ3v) is 6.74. The van der Waals surface area contributed by atoms with E-state index in [9.17, 15) is 8.78 Å². The molecule has 0 spiro atoms. The van der Waals surface area contributed by atoms with Gasteiger partial charge in [0.1, 0.15) is 17.0 Å². The van der Waals surface area contributed by atoms with E-state index in [4.69, 9.17) is 14.8 Å². The minimum Gasteiger partial charge on any atom is -0.377 e. The van der Waals surface area contributed by atoms with E-state index in [0.29, 0.717) is 32.8 Å². The van der Waals surface area contributed by atoms with E-state index < -0.39 is 5.92 Å². The number of anilines is 1. The Hall–Kier alpha value is -2.59. The maximum absolute atomic E-state index is 13.6. The van der Waals surface area contributed by atoms with E-state index in [-0.39, 0.29) is 24.9 Å². The summed E-state index contributed by atoms with van der Waals surface area (Å²) in [6, 6.07) is 4.14. The number of H-pyrrole nitrogens is 1. The van der Waals surface area contributed by atoms with Crippen LogP contribution in [0, 0.1) is 0 Å². The largest absolute Gasteiger partial charge is 0.377 e. The summed E-state index contributed by atoms with van der Waals surface area (Å²) in [7, 11) is 0. The zero-order valence-electron chi connectivity index (χ0n) is 17.4. The number of pyridine rings is 1. The van der Waals surface area contributed by atoms with Crippen LogP contribution in [0.4, 0.5) is 14.6 Å². The van der Waals surface area contributed by atoms with Gasteiger partial charge >= 0.3 is 0 Å². The summed E-state index contributed by atoms with van der Waals surface area (Å²) in [5, 5.41) is 11.9. The lowest BCUT2D eigenvalue weighted by molar-refractivity contribution is -0.126. The molecule has 8 nitrogen and oxygen atoms in total. The lowest BCUT2D eigenvalue weighted by atomic mass is 9.86. The van der Waals surface area contributed by atoms with Crippen LogP contribution >= 0.6 is 0 Å². The highest BCUT2D eigenvalue weighted by atomic mass is 19.3. The maximum Gasteiger partial charge on any atom is 0.251 e. The van der Waals surface area contributed by atoms with Crippen molar-refractivity contribution in [1.82, 2.24) is 29.9 Å². The summed E-state index contributed by atoms with van der Waals surface area (Å²) < 4.78 is 34.7. The summed E-state index contributed by atoms with van der Waals surface area (Å²) in [5.74, 6) is -1.64. The molecular weight excluding hydrogens is 404 g/mol. The van der Waals surface area contributed by atoms with E-state index in [0.717, 1.165) is 40.3 Å². The third-order valence-electron chi connectivity index (χ3n) is 6.74. The van der Waals surface area contributed by atoms with Crippen molar-refractivity contribution in [3.8, 4) is 11.4 Å². The second-order valence-electron chi connectivity index (χ2n) is 8.88. The summed E-state index contributed by atoms with van der Waals surface area (Å²) in [6.07, 6.45) is 1.59. The second-order valence-corrected chi connectivity index (χ2v) is 8.88. The maximum atomic E-state index is 13.6. The van der Waals surface area contributed by atoms with Crippen molar-refractivity contribution < 1.29 is 13.5 Å². The number of aromatic amines is 1. The Morgan fingerprint density at radius 3 is 2.84 bits per heavy atom. The molecule has 3 aromatic heterocycles. The molecule has 0 bridgehead atoms. The van der Waals surface area contributed by atoms with Gasteiger partial charge in [-0.1, -0.05) is 0 Å². The number of morpholine rings is 1. The molecule has 1 atom stereocenters. The van der Waals surface area contributed by atoms with Gasteiger partial charge in [0.25, 0.3) is 5.92 Å². The van der Waals surface area contributed by atoms with Crippen molar-refractivity contribution in [3.05, 3.63) is 23.9 Å². The second kappa shape index (κ2) is 6.96. The number of aromatic nitrogens is 5. The highest BCUT2D eigenvalue weighted by Gasteiger charge is 2.48. The third kappa shape index (κ3) is 3.20. The summed E-state index contributed by atoms with van der Waals surface area (Å²) in [5.41, 5.74) is 4.51. The first-order chi connectivity index (χ1) is 15.0. The first kappa shape index (κ1) is 19.1. The number of rotatable bonds is 3. The van der Waals surface area contributed by atoms with Crippen LogP contribution in [0.1, 0.15) is 25.3 Å². The fourth-order valence-electron chi connectivity index (χ4n) is 5.03. The molecule has 0 amide bonds. The van der Waals surface area contributed by atoms with E-state index in [1.54, 1.807) is 6.20 Å². The Balaban J connectivity index is 1.46.